The second-order valence-electron chi connectivity index (χ2n) is 4.04. The number of nitriles is 1. The first-order chi connectivity index (χ1) is 8.78. The van der Waals surface area contributed by atoms with E-state index >= 15 is 0 Å². The maximum atomic E-state index is 8.97. The minimum absolute atomic E-state index is 0.324. The van der Waals surface area contributed by atoms with E-state index in [0.29, 0.717) is 17.6 Å². The molecular weight excluding hydrogens is 296 g/mol. The third-order valence-corrected chi connectivity index (χ3v) is 3.30. The molecule has 18 heavy (non-hydrogen) atoms. The van der Waals surface area contributed by atoms with Gasteiger partial charge in [-0.15, -0.1) is 0 Å². The van der Waals surface area contributed by atoms with Gasteiger partial charge in [0, 0.05) is 31.7 Å². The van der Waals surface area contributed by atoms with Crippen LogP contribution in [0.25, 0.3) is 0 Å². The highest BCUT2D eigenvalue weighted by molar-refractivity contribution is 9.10. The van der Waals surface area contributed by atoms with Gasteiger partial charge in [-0.1, -0.05) is 0 Å². The van der Waals surface area contributed by atoms with Gasteiger partial charge < -0.3 is 4.90 Å². The van der Waals surface area contributed by atoms with Crippen LogP contribution in [0.3, 0.4) is 0 Å². The van der Waals surface area contributed by atoms with E-state index in [2.05, 4.69) is 37.1 Å². The number of hydrogen-bond donors (Lipinski definition) is 0. The van der Waals surface area contributed by atoms with Gasteiger partial charge in [0.25, 0.3) is 0 Å². The van der Waals surface area contributed by atoms with Crippen molar-refractivity contribution in [1.82, 2.24) is 19.7 Å². The SMILES string of the molecule is N#Cc1nccnc1N1CC(n2cc(Br)cn2)C1. The topological polar surface area (TPSA) is 70.6 Å². The third-order valence-electron chi connectivity index (χ3n) is 2.89. The average molecular weight is 305 g/mol. The Morgan fingerprint density at radius 3 is 2.78 bits per heavy atom. The van der Waals surface area contributed by atoms with Crippen LogP contribution in [0, 0.1) is 11.3 Å². The second-order valence-corrected chi connectivity index (χ2v) is 4.95. The molecule has 0 aliphatic carbocycles. The van der Waals surface area contributed by atoms with Gasteiger partial charge in [-0.2, -0.15) is 10.4 Å². The first kappa shape index (κ1) is 11.2. The van der Waals surface area contributed by atoms with E-state index in [0.717, 1.165) is 17.6 Å². The van der Waals surface area contributed by atoms with Crippen LogP contribution < -0.4 is 4.90 Å². The molecular formula is C11H9BrN6. The minimum atomic E-state index is 0.324. The van der Waals surface area contributed by atoms with E-state index in [1.165, 1.54) is 6.20 Å². The molecule has 0 spiro atoms. The lowest BCUT2D eigenvalue weighted by Crippen LogP contribution is -2.48. The monoisotopic (exact) mass is 304 g/mol. The Balaban J connectivity index is 1.74. The summed E-state index contributed by atoms with van der Waals surface area (Å²) in [6, 6.07) is 2.38. The standard InChI is InChI=1S/C11H9BrN6/c12-8-4-16-18(5-8)9-6-17(7-9)11-10(3-13)14-1-2-15-11/h1-2,4-5,9H,6-7H2. The summed E-state index contributed by atoms with van der Waals surface area (Å²) in [6.07, 6.45) is 6.85. The average Bonchev–Trinajstić information content (AvgIpc) is 2.74. The lowest BCUT2D eigenvalue weighted by molar-refractivity contribution is 0.365. The molecule has 1 saturated heterocycles. The zero-order valence-electron chi connectivity index (χ0n) is 9.36. The summed E-state index contributed by atoms with van der Waals surface area (Å²) in [5.41, 5.74) is 0.373. The molecule has 90 valence electrons. The van der Waals surface area contributed by atoms with Crippen LogP contribution in [0.15, 0.2) is 29.3 Å². The Bertz CT molecular complexity index is 610. The highest BCUT2D eigenvalue weighted by Gasteiger charge is 2.31. The van der Waals surface area contributed by atoms with E-state index in [4.69, 9.17) is 5.26 Å². The zero-order valence-corrected chi connectivity index (χ0v) is 10.9. The summed E-state index contributed by atoms with van der Waals surface area (Å²) in [6.45, 7) is 1.59. The molecule has 0 N–H and O–H groups in total. The summed E-state index contributed by atoms with van der Waals surface area (Å²) >= 11 is 3.37. The van der Waals surface area contributed by atoms with E-state index in [1.807, 2.05) is 15.8 Å². The summed E-state index contributed by atoms with van der Waals surface area (Å²) < 4.78 is 2.89. The van der Waals surface area contributed by atoms with Crippen molar-refractivity contribution in [2.24, 2.45) is 0 Å². The fourth-order valence-corrected chi connectivity index (χ4v) is 2.25. The Hall–Kier alpha value is -1.94. The molecule has 3 heterocycles. The molecule has 2 aromatic rings. The largest absolute Gasteiger partial charge is 0.350 e. The van der Waals surface area contributed by atoms with Crippen LogP contribution >= 0.6 is 15.9 Å². The maximum Gasteiger partial charge on any atom is 0.183 e. The van der Waals surface area contributed by atoms with Crippen molar-refractivity contribution in [2.45, 2.75) is 6.04 Å². The number of anilines is 1. The van der Waals surface area contributed by atoms with Gasteiger partial charge in [-0.25, -0.2) is 9.97 Å². The predicted molar refractivity (Wildman–Crippen MR) is 67.9 cm³/mol. The van der Waals surface area contributed by atoms with Crippen molar-refractivity contribution in [1.29, 1.82) is 5.26 Å². The molecule has 0 unspecified atom stereocenters. The van der Waals surface area contributed by atoms with Crippen LogP contribution in [0.2, 0.25) is 0 Å². The van der Waals surface area contributed by atoms with Crippen LogP contribution in [-0.4, -0.2) is 32.8 Å². The fraction of sp³-hybridized carbons (Fsp3) is 0.273. The molecule has 0 saturated carbocycles. The van der Waals surface area contributed by atoms with Gasteiger partial charge in [0.15, 0.2) is 11.5 Å². The molecule has 6 nitrogen and oxygen atoms in total. The lowest BCUT2D eigenvalue weighted by atomic mass is 10.1. The molecule has 0 amide bonds. The van der Waals surface area contributed by atoms with Crippen LogP contribution in [0.1, 0.15) is 11.7 Å². The molecule has 0 atom stereocenters. The normalized spacial score (nSPS) is 15.2. The van der Waals surface area contributed by atoms with Gasteiger partial charge in [0.1, 0.15) is 6.07 Å². The summed E-state index contributed by atoms with van der Waals surface area (Å²) in [5, 5.41) is 13.2. The van der Waals surface area contributed by atoms with Crippen molar-refractivity contribution in [2.75, 3.05) is 18.0 Å². The number of aromatic nitrogens is 4. The lowest BCUT2D eigenvalue weighted by Gasteiger charge is -2.39. The third kappa shape index (κ3) is 1.84. The van der Waals surface area contributed by atoms with E-state index in [1.54, 1.807) is 12.4 Å². The number of nitrogens with zero attached hydrogens (tertiary/aromatic N) is 6. The molecule has 1 fully saturated rings. The molecule has 0 aromatic carbocycles. The Labute approximate surface area is 112 Å². The summed E-state index contributed by atoms with van der Waals surface area (Å²) in [4.78, 5) is 10.2. The molecule has 3 rings (SSSR count). The highest BCUT2D eigenvalue weighted by atomic mass is 79.9. The van der Waals surface area contributed by atoms with Crippen molar-refractivity contribution in [3.05, 3.63) is 35.0 Å². The Morgan fingerprint density at radius 2 is 2.11 bits per heavy atom. The predicted octanol–water partition coefficient (Wildman–Crippen LogP) is 1.37. The molecule has 7 heteroatoms. The number of halogens is 1. The van der Waals surface area contributed by atoms with Crippen LogP contribution in [-0.2, 0) is 0 Å². The minimum Gasteiger partial charge on any atom is -0.350 e. The van der Waals surface area contributed by atoms with Crippen LogP contribution in [0.4, 0.5) is 5.82 Å². The fourth-order valence-electron chi connectivity index (χ4n) is 1.95. The summed E-state index contributed by atoms with van der Waals surface area (Å²) in [5.74, 6) is 0.655. The number of hydrogen-bond acceptors (Lipinski definition) is 5. The first-order valence-corrected chi connectivity index (χ1v) is 6.23. The van der Waals surface area contributed by atoms with Crippen molar-refractivity contribution >= 4 is 21.7 Å². The first-order valence-electron chi connectivity index (χ1n) is 5.43. The van der Waals surface area contributed by atoms with Crippen molar-refractivity contribution in [3.8, 4) is 6.07 Å². The van der Waals surface area contributed by atoms with E-state index in [9.17, 15) is 0 Å². The Kier molecular flexibility index (Phi) is 2.72. The van der Waals surface area contributed by atoms with Gasteiger partial charge in [-0.05, 0) is 15.9 Å². The number of rotatable bonds is 2. The van der Waals surface area contributed by atoms with Gasteiger partial charge in [-0.3, -0.25) is 4.68 Å². The molecule has 2 aromatic heterocycles. The van der Waals surface area contributed by atoms with E-state index < -0.39 is 0 Å². The molecule has 1 aliphatic rings. The van der Waals surface area contributed by atoms with Crippen molar-refractivity contribution < 1.29 is 0 Å². The van der Waals surface area contributed by atoms with Crippen molar-refractivity contribution in [3.63, 3.8) is 0 Å². The quantitative estimate of drug-likeness (QED) is 0.838. The van der Waals surface area contributed by atoms with Crippen LogP contribution in [0.5, 0.6) is 0 Å². The summed E-state index contributed by atoms with van der Waals surface area (Å²) in [7, 11) is 0. The molecule has 0 radical (unpaired) electrons. The van der Waals surface area contributed by atoms with Gasteiger partial charge in [0.2, 0.25) is 0 Å². The molecule has 0 bridgehead atoms. The second kappa shape index (κ2) is 4.38. The Morgan fingerprint density at radius 1 is 1.33 bits per heavy atom. The van der Waals surface area contributed by atoms with Gasteiger partial charge >= 0.3 is 0 Å². The zero-order chi connectivity index (χ0) is 12.5. The van der Waals surface area contributed by atoms with E-state index in [-0.39, 0.29) is 0 Å². The van der Waals surface area contributed by atoms with Gasteiger partial charge in [0.05, 0.1) is 16.7 Å². The smallest absolute Gasteiger partial charge is 0.183 e. The molecule has 1 aliphatic heterocycles. The maximum absolute atomic E-state index is 8.97. The highest BCUT2D eigenvalue weighted by Crippen LogP contribution is 2.27.